The summed E-state index contributed by atoms with van der Waals surface area (Å²) in [6.45, 7) is 1.45. The molecule has 2 aromatic rings. The van der Waals surface area contributed by atoms with Crippen LogP contribution in [0.5, 0.6) is 0 Å². The van der Waals surface area contributed by atoms with Crippen LogP contribution in [0.2, 0.25) is 0 Å². The number of hydrogen-bond donors (Lipinski definition) is 0. The maximum Gasteiger partial charge on any atom is 0.238 e. The highest BCUT2D eigenvalue weighted by molar-refractivity contribution is 6.27. The maximum atomic E-state index is 12.5. The molecule has 0 N–H and O–H groups in total. The molecule has 2 aliphatic rings. The van der Waals surface area contributed by atoms with Crippen molar-refractivity contribution in [3.8, 4) is 0 Å². The molecule has 24 heavy (non-hydrogen) atoms. The molecule has 1 aliphatic heterocycles. The number of amides is 1. The van der Waals surface area contributed by atoms with Gasteiger partial charge in [0.25, 0.3) is 0 Å². The van der Waals surface area contributed by atoms with Gasteiger partial charge in [-0.3, -0.25) is 4.79 Å². The standard InChI is InChI=1S/C19H22ClN3O/c20-11-19(24)23(17-6-7-18-21-8-9-22(18)13-17)12-14-4-5-15-2-1-3-16(15)10-14/h4-5,8-10,17H,1-3,6-7,11-13H2. The lowest BCUT2D eigenvalue weighted by Gasteiger charge is -2.35. The normalized spacial score (nSPS) is 19.0. The third-order valence-corrected chi connectivity index (χ3v) is 5.53. The zero-order valence-electron chi connectivity index (χ0n) is 13.7. The summed E-state index contributed by atoms with van der Waals surface area (Å²) in [5.74, 6) is 1.17. The SMILES string of the molecule is O=C(CCl)N(Cc1ccc2c(c1)CCC2)C1CCc2nccn2C1. The zero-order chi connectivity index (χ0) is 16.5. The van der Waals surface area contributed by atoms with E-state index in [1.54, 1.807) is 0 Å². The minimum atomic E-state index is 0.0192. The summed E-state index contributed by atoms with van der Waals surface area (Å²) in [6.07, 6.45) is 9.29. The van der Waals surface area contributed by atoms with E-state index in [-0.39, 0.29) is 17.8 Å². The number of carbonyl (C=O) groups excluding carboxylic acids is 1. The van der Waals surface area contributed by atoms with E-state index in [2.05, 4.69) is 27.8 Å². The Hall–Kier alpha value is -1.81. The van der Waals surface area contributed by atoms with Crippen molar-refractivity contribution < 1.29 is 4.79 Å². The Morgan fingerprint density at radius 2 is 2.17 bits per heavy atom. The van der Waals surface area contributed by atoms with E-state index in [0.717, 1.165) is 31.6 Å². The Bertz CT molecular complexity index is 755. The van der Waals surface area contributed by atoms with E-state index in [1.165, 1.54) is 29.5 Å². The summed E-state index contributed by atoms with van der Waals surface area (Å²) in [6, 6.07) is 6.87. The number of aromatic nitrogens is 2. The second-order valence-electron chi connectivity index (χ2n) is 6.80. The maximum absolute atomic E-state index is 12.5. The van der Waals surface area contributed by atoms with Crippen molar-refractivity contribution in [3.63, 3.8) is 0 Å². The van der Waals surface area contributed by atoms with Crippen LogP contribution in [0.15, 0.2) is 30.6 Å². The number of aryl methyl sites for hydroxylation is 3. The molecule has 126 valence electrons. The average molecular weight is 344 g/mol. The predicted octanol–water partition coefficient (Wildman–Crippen LogP) is 2.95. The molecular weight excluding hydrogens is 322 g/mol. The third-order valence-electron chi connectivity index (χ3n) is 5.30. The lowest BCUT2D eigenvalue weighted by Crippen LogP contribution is -2.45. The van der Waals surface area contributed by atoms with Gasteiger partial charge in [-0.2, -0.15) is 0 Å². The quantitative estimate of drug-likeness (QED) is 0.800. The Labute approximate surface area is 147 Å². The number of benzene rings is 1. The van der Waals surface area contributed by atoms with Crippen LogP contribution in [0.1, 0.15) is 35.4 Å². The number of nitrogens with zero attached hydrogens (tertiary/aromatic N) is 3. The fourth-order valence-corrected chi connectivity index (χ4v) is 4.17. The van der Waals surface area contributed by atoms with E-state index >= 15 is 0 Å². The van der Waals surface area contributed by atoms with Crippen LogP contribution in [0.3, 0.4) is 0 Å². The zero-order valence-corrected chi connectivity index (χ0v) is 14.5. The van der Waals surface area contributed by atoms with Gasteiger partial charge in [-0.25, -0.2) is 4.98 Å². The molecular formula is C19H22ClN3O. The lowest BCUT2D eigenvalue weighted by molar-refractivity contribution is -0.132. The van der Waals surface area contributed by atoms with Gasteiger partial charge in [0.1, 0.15) is 11.7 Å². The summed E-state index contributed by atoms with van der Waals surface area (Å²) < 4.78 is 2.16. The van der Waals surface area contributed by atoms with Crippen molar-refractivity contribution in [3.05, 3.63) is 53.1 Å². The van der Waals surface area contributed by atoms with Crippen molar-refractivity contribution in [1.29, 1.82) is 0 Å². The van der Waals surface area contributed by atoms with Crippen LogP contribution in [0, 0.1) is 0 Å². The second kappa shape index (κ2) is 6.60. The molecule has 1 atom stereocenters. The van der Waals surface area contributed by atoms with Gasteiger partial charge < -0.3 is 9.47 Å². The highest BCUT2D eigenvalue weighted by atomic mass is 35.5. The molecule has 1 aromatic heterocycles. The van der Waals surface area contributed by atoms with Crippen LogP contribution in [-0.4, -0.2) is 32.3 Å². The molecule has 1 unspecified atom stereocenters. The first-order valence-electron chi connectivity index (χ1n) is 8.70. The molecule has 4 rings (SSSR count). The molecule has 0 radical (unpaired) electrons. The van der Waals surface area contributed by atoms with Crippen molar-refractivity contribution in [2.24, 2.45) is 0 Å². The molecule has 0 fully saturated rings. The monoisotopic (exact) mass is 343 g/mol. The van der Waals surface area contributed by atoms with Gasteiger partial charge in [0.15, 0.2) is 0 Å². The first-order chi connectivity index (χ1) is 11.7. The van der Waals surface area contributed by atoms with E-state index in [4.69, 9.17) is 11.6 Å². The number of hydrogen-bond acceptors (Lipinski definition) is 2. The number of imidazole rings is 1. The van der Waals surface area contributed by atoms with Gasteiger partial charge in [-0.05, 0) is 42.4 Å². The van der Waals surface area contributed by atoms with Gasteiger partial charge >= 0.3 is 0 Å². The van der Waals surface area contributed by atoms with Crippen LogP contribution >= 0.6 is 11.6 Å². The third kappa shape index (κ3) is 2.95. The average Bonchev–Trinajstić information content (AvgIpc) is 3.26. The smallest absolute Gasteiger partial charge is 0.238 e. The van der Waals surface area contributed by atoms with E-state index < -0.39 is 0 Å². The Morgan fingerprint density at radius 1 is 1.29 bits per heavy atom. The minimum Gasteiger partial charge on any atom is -0.333 e. The van der Waals surface area contributed by atoms with Gasteiger partial charge in [-0.1, -0.05) is 18.2 Å². The van der Waals surface area contributed by atoms with Crippen molar-refractivity contribution >= 4 is 17.5 Å². The van der Waals surface area contributed by atoms with Crippen LogP contribution in [-0.2, 0) is 37.1 Å². The number of rotatable bonds is 4. The molecule has 1 aliphatic carbocycles. The number of alkyl halides is 1. The minimum absolute atomic E-state index is 0.0192. The molecule has 0 saturated heterocycles. The number of fused-ring (bicyclic) bond motifs is 2. The first-order valence-corrected chi connectivity index (χ1v) is 9.24. The van der Waals surface area contributed by atoms with E-state index in [1.807, 2.05) is 17.3 Å². The van der Waals surface area contributed by atoms with Crippen molar-refractivity contribution in [2.45, 2.75) is 51.2 Å². The van der Waals surface area contributed by atoms with E-state index in [0.29, 0.717) is 6.54 Å². The summed E-state index contributed by atoms with van der Waals surface area (Å²) in [5.41, 5.74) is 4.13. The van der Waals surface area contributed by atoms with Gasteiger partial charge in [-0.15, -0.1) is 11.6 Å². The summed E-state index contributed by atoms with van der Waals surface area (Å²) >= 11 is 5.89. The Balaban J connectivity index is 1.55. The highest BCUT2D eigenvalue weighted by Crippen LogP contribution is 2.25. The summed E-state index contributed by atoms with van der Waals surface area (Å²) in [7, 11) is 0. The molecule has 1 aromatic carbocycles. The molecule has 4 nitrogen and oxygen atoms in total. The number of carbonyl (C=O) groups is 1. The predicted molar refractivity (Wildman–Crippen MR) is 94.1 cm³/mol. The lowest BCUT2D eigenvalue weighted by atomic mass is 10.0. The van der Waals surface area contributed by atoms with Crippen LogP contribution in [0.4, 0.5) is 0 Å². The van der Waals surface area contributed by atoms with Crippen LogP contribution in [0.25, 0.3) is 0 Å². The molecule has 0 bridgehead atoms. The Kier molecular flexibility index (Phi) is 4.31. The Morgan fingerprint density at radius 3 is 3.04 bits per heavy atom. The van der Waals surface area contributed by atoms with Gasteiger partial charge in [0.2, 0.25) is 5.91 Å². The fraction of sp³-hybridized carbons (Fsp3) is 0.474. The summed E-state index contributed by atoms with van der Waals surface area (Å²) in [5, 5.41) is 0. The van der Waals surface area contributed by atoms with Crippen LogP contribution < -0.4 is 0 Å². The van der Waals surface area contributed by atoms with E-state index in [9.17, 15) is 4.79 Å². The molecule has 5 heteroatoms. The van der Waals surface area contributed by atoms with Crippen molar-refractivity contribution in [2.75, 3.05) is 5.88 Å². The summed E-state index contributed by atoms with van der Waals surface area (Å²) in [4.78, 5) is 18.8. The molecule has 0 spiro atoms. The second-order valence-corrected chi connectivity index (χ2v) is 7.07. The highest BCUT2D eigenvalue weighted by Gasteiger charge is 2.28. The first kappa shape index (κ1) is 15.7. The van der Waals surface area contributed by atoms with Gasteiger partial charge in [0, 0.05) is 31.9 Å². The van der Waals surface area contributed by atoms with Gasteiger partial charge in [0.05, 0.1) is 6.04 Å². The fourth-order valence-electron chi connectivity index (χ4n) is 4.02. The molecule has 0 saturated carbocycles. The van der Waals surface area contributed by atoms with Crippen molar-refractivity contribution in [1.82, 2.24) is 14.5 Å². The molecule has 2 heterocycles. The number of halogens is 1. The molecule has 1 amide bonds. The largest absolute Gasteiger partial charge is 0.333 e. The topological polar surface area (TPSA) is 38.1 Å².